The van der Waals surface area contributed by atoms with E-state index in [0.29, 0.717) is 11.5 Å². The van der Waals surface area contributed by atoms with Crippen molar-refractivity contribution >= 4 is 6.08 Å². The summed E-state index contributed by atoms with van der Waals surface area (Å²) in [4.78, 5) is 0. The molecule has 1 aromatic carbocycles. The van der Waals surface area contributed by atoms with Crippen LogP contribution in [0.15, 0.2) is 18.2 Å². The molecule has 1 heterocycles. The van der Waals surface area contributed by atoms with Crippen molar-refractivity contribution < 1.29 is 18.9 Å². The van der Waals surface area contributed by atoms with Gasteiger partial charge in [-0.05, 0) is 26.0 Å². The van der Waals surface area contributed by atoms with E-state index in [1.165, 1.54) is 0 Å². The summed E-state index contributed by atoms with van der Waals surface area (Å²) in [7, 11) is 3.20. The summed E-state index contributed by atoms with van der Waals surface area (Å²) < 4.78 is 21.6. The van der Waals surface area contributed by atoms with Crippen LogP contribution in [0.3, 0.4) is 0 Å². The molecule has 0 spiro atoms. The molecule has 98 valence electrons. The number of hydrogen-bond acceptors (Lipinski definition) is 4. The third-order valence-corrected chi connectivity index (χ3v) is 2.67. The Hall–Kier alpha value is -1.68. The largest absolute Gasteiger partial charge is 0.496 e. The van der Waals surface area contributed by atoms with Gasteiger partial charge in [0.1, 0.15) is 22.8 Å². The highest BCUT2D eigenvalue weighted by molar-refractivity contribution is 5.69. The summed E-state index contributed by atoms with van der Waals surface area (Å²) in [5.41, 5.74) is 0.588. The van der Waals surface area contributed by atoms with Crippen molar-refractivity contribution in [2.24, 2.45) is 0 Å². The van der Waals surface area contributed by atoms with E-state index in [4.69, 9.17) is 18.9 Å². The van der Waals surface area contributed by atoms with Gasteiger partial charge in [0.05, 0.1) is 12.7 Å². The monoisotopic (exact) mass is 250 g/mol. The third kappa shape index (κ3) is 2.59. The first-order chi connectivity index (χ1) is 8.55. The minimum absolute atomic E-state index is 0.191. The van der Waals surface area contributed by atoms with Crippen LogP contribution in [0.1, 0.15) is 19.4 Å². The van der Waals surface area contributed by atoms with E-state index < -0.39 is 0 Å². The maximum atomic E-state index is 5.89. The molecule has 0 bridgehead atoms. The molecule has 1 aromatic rings. The quantitative estimate of drug-likeness (QED) is 0.770. The lowest BCUT2D eigenvalue weighted by Crippen LogP contribution is -2.27. The highest BCUT2D eigenvalue weighted by Gasteiger charge is 2.24. The smallest absolute Gasteiger partial charge is 0.188 e. The van der Waals surface area contributed by atoms with Gasteiger partial charge in [-0.2, -0.15) is 0 Å². The molecule has 4 nitrogen and oxygen atoms in total. The fourth-order valence-corrected chi connectivity index (χ4v) is 1.79. The van der Waals surface area contributed by atoms with Crippen molar-refractivity contribution in [3.63, 3.8) is 0 Å². The van der Waals surface area contributed by atoms with Crippen LogP contribution < -0.4 is 14.2 Å². The molecule has 18 heavy (non-hydrogen) atoms. The van der Waals surface area contributed by atoms with Crippen molar-refractivity contribution in [1.29, 1.82) is 0 Å². The Balaban J connectivity index is 2.41. The molecule has 1 aliphatic rings. The number of fused-ring (bicyclic) bond motifs is 1. The first kappa shape index (κ1) is 12.8. The Morgan fingerprint density at radius 1 is 1.22 bits per heavy atom. The molecular formula is C14H18O4. The van der Waals surface area contributed by atoms with Crippen LogP contribution >= 0.6 is 0 Å². The van der Waals surface area contributed by atoms with Crippen LogP contribution in [0.25, 0.3) is 6.08 Å². The second kappa shape index (κ2) is 4.90. The van der Waals surface area contributed by atoms with Crippen molar-refractivity contribution in [2.45, 2.75) is 19.4 Å². The molecule has 0 saturated carbocycles. The van der Waals surface area contributed by atoms with Crippen molar-refractivity contribution in [3.05, 3.63) is 23.8 Å². The van der Waals surface area contributed by atoms with Crippen LogP contribution in [0.4, 0.5) is 0 Å². The molecule has 0 atom stereocenters. The van der Waals surface area contributed by atoms with E-state index in [1.807, 2.05) is 38.1 Å². The maximum Gasteiger partial charge on any atom is 0.188 e. The van der Waals surface area contributed by atoms with Gasteiger partial charge in [0, 0.05) is 19.2 Å². The SMILES string of the molecule is COCOc1cc(OC)cc2c1C=CC(C)(C)O2. The van der Waals surface area contributed by atoms with Crippen LogP contribution in [0.2, 0.25) is 0 Å². The molecule has 0 N–H and O–H groups in total. The summed E-state index contributed by atoms with van der Waals surface area (Å²) in [5, 5.41) is 0. The second-order valence-corrected chi connectivity index (χ2v) is 4.63. The van der Waals surface area contributed by atoms with Crippen molar-refractivity contribution in [3.8, 4) is 17.2 Å². The fraction of sp³-hybridized carbons (Fsp3) is 0.429. The van der Waals surface area contributed by atoms with Gasteiger partial charge in [0.2, 0.25) is 0 Å². The zero-order valence-corrected chi connectivity index (χ0v) is 11.1. The number of ether oxygens (including phenoxy) is 4. The lowest BCUT2D eigenvalue weighted by molar-refractivity contribution is 0.0502. The number of benzene rings is 1. The molecule has 1 aliphatic heterocycles. The summed E-state index contributed by atoms with van der Waals surface area (Å²) in [6, 6.07) is 3.68. The van der Waals surface area contributed by atoms with E-state index in [9.17, 15) is 0 Å². The van der Waals surface area contributed by atoms with Crippen LogP contribution in [0.5, 0.6) is 17.2 Å². The molecule has 0 fully saturated rings. The minimum atomic E-state index is -0.322. The third-order valence-electron chi connectivity index (χ3n) is 2.67. The molecule has 0 aliphatic carbocycles. The molecule has 0 aromatic heterocycles. The first-order valence-corrected chi connectivity index (χ1v) is 5.78. The van der Waals surface area contributed by atoms with Gasteiger partial charge in [-0.1, -0.05) is 0 Å². The molecule has 0 unspecified atom stereocenters. The average Bonchev–Trinajstić information content (AvgIpc) is 2.33. The molecule has 0 amide bonds. The number of rotatable bonds is 4. The Morgan fingerprint density at radius 3 is 2.67 bits per heavy atom. The standard InChI is InChI=1S/C14H18O4/c1-14(2)6-5-11-12(17-9-15-3)7-10(16-4)8-13(11)18-14/h5-8H,9H2,1-4H3. The topological polar surface area (TPSA) is 36.9 Å². The summed E-state index contributed by atoms with van der Waals surface area (Å²) in [6.07, 6.45) is 4.00. The molecule has 0 saturated heterocycles. The molecule has 2 rings (SSSR count). The summed E-state index contributed by atoms with van der Waals surface area (Å²) >= 11 is 0. The van der Waals surface area contributed by atoms with E-state index in [1.54, 1.807) is 14.2 Å². The number of hydrogen-bond donors (Lipinski definition) is 0. The van der Waals surface area contributed by atoms with Gasteiger partial charge in [0.15, 0.2) is 6.79 Å². The highest BCUT2D eigenvalue weighted by Crippen LogP contribution is 2.40. The first-order valence-electron chi connectivity index (χ1n) is 5.78. The maximum absolute atomic E-state index is 5.89. The van der Waals surface area contributed by atoms with E-state index in [2.05, 4.69) is 0 Å². The average molecular weight is 250 g/mol. The second-order valence-electron chi connectivity index (χ2n) is 4.63. The number of methoxy groups -OCH3 is 2. The van der Waals surface area contributed by atoms with E-state index in [0.717, 1.165) is 11.3 Å². The zero-order chi connectivity index (χ0) is 13.2. The molecule has 0 radical (unpaired) electrons. The van der Waals surface area contributed by atoms with Gasteiger partial charge in [-0.25, -0.2) is 0 Å². The van der Waals surface area contributed by atoms with Crippen LogP contribution in [-0.2, 0) is 4.74 Å². The lowest BCUT2D eigenvalue weighted by atomic mass is 10.0. The Kier molecular flexibility index (Phi) is 3.48. The van der Waals surface area contributed by atoms with Crippen molar-refractivity contribution in [2.75, 3.05) is 21.0 Å². The highest BCUT2D eigenvalue weighted by atomic mass is 16.7. The lowest BCUT2D eigenvalue weighted by Gasteiger charge is -2.29. The van der Waals surface area contributed by atoms with Gasteiger partial charge >= 0.3 is 0 Å². The summed E-state index contributed by atoms with van der Waals surface area (Å²) in [5.74, 6) is 2.15. The van der Waals surface area contributed by atoms with Crippen LogP contribution in [0, 0.1) is 0 Å². The molecule has 4 heteroatoms. The predicted octanol–water partition coefficient (Wildman–Crippen LogP) is 2.86. The predicted molar refractivity (Wildman–Crippen MR) is 69.2 cm³/mol. The van der Waals surface area contributed by atoms with Gasteiger partial charge < -0.3 is 18.9 Å². The molecular weight excluding hydrogens is 232 g/mol. The summed E-state index contributed by atoms with van der Waals surface area (Å²) in [6.45, 7) is 4.19. The van der Waals surface area contributed by atoms with Gasteiger partial charge in [-0.3, -0.25) is 0 Å². The normalized spacial score (nSPS) is 15.8. The van der Waals surface area contributed by atoms with Gasteiger partial charge in [0.25, 0.3) is 0 Å². The van der Waals surface area contributed by atoms with Crippen molar-refractivity contribution in [1.82, 2.24) is 0 Å². The zero-order valence-electron chi connectivity index (χ0n) is 11.1. The van der Waals surface area contributed by atoms with E-state index in [-0.39, 0.29) is 12.4 Å². The minimum Gasteiger partial charge on any atom is -0.496 e. The fourth-order valence-electron chi connectivity index (χ4n) is 1.79. The Bertz CT molecular complexity index is 463. The van der Waals surface area contributed by atoms with Crippen LogP contribution in [-0.4, -0.2) is 26.6 Å². The Labute approximate surface area is 107 Å². The van der Waals surface area contributed by atoms with Gasteiger partial charge in [-0.15, -0.1) is 0 Å². The Morgan fingerprint density at radius 2 is 2.00 bits per heavy atom. The van der Waals surface area contributed by atoms with E-state index >= 15 is 0 Å².